The van der Waals surface area contributed by atoms with Gasteiger partial charge in [-0.15, -0.1) is 9.59 Å². The minimum absolute atomic E-state index is 0.0669. The molecule has 2 N–H and O–H groups in total. The molecule has 0 bridgehead atoms. The van der Waals surface area contributed by atoms with E-state index in [2.05, 4.69) is 35.3 Å². The molecule has 0 saturated heterocycles. The molecule has 0 aliphatic rings. The van der Waals surface area contributed by atoms with Gasteiger partial charge >= 0.3 is 0 Å². The van der Waals surface area contributed by atoms with Crippen LogP contribution in [0.2, 0.25) is 20.2 Å². The molecule has 0 atom stereocenters. The molecule has 0 spiro atoms. The van der Waals surface area contributed by atoms with Crippen molar-refractivity contribution in [1.29, 1.82) is 0 Å². The Bertz CT molecular complexity index is 1590. The standard InChI is InChI=1S/C7H4ClN5O2.C7H6ClN5.C5H2Cl2N2O2/c8-6-3-5(13(14)15)4-9-7(6)12-10-1-2-11-12;8-6-3-5(9)4-10-7(6)13-11-1-2-12-13;6-4-1-3(9(10)11)2-8-5(4)7/h1-4H;1-4H,9H2;1-2H. The van der Waals surface area contributed by atoms with Gasteiger partial charge in [-0.05, 0) is 6.07 Å². The number of rotatable bonds is 4. The molecule has 0 unspecified atom stereocenters. The van der Waals surface area contributed by atoms with E-state index in [1.54, 1.807) is 18.5 Å². The molecule has 16 nitrogen and oxygen atoms in total. The molecule has 0 aromatic carbocycles. The van der Waals surface area contributed by atoms with Gasteiger partial charge in [0.2, 0.25) is 0 Å². The summed E-state index contributed by atoms with van der Waals surface area (Å²) in [6.45, 7) is 0. The van der Waals surface area contributed by atoms with Gasteiger partial charge in [-0.2, -0.15) is 20.4 Å². The summed E-state index contributed by atoms with van der Waals surface area (Å²) in [5.41, 5.74) is 5.66. The highest BCUT2D eigenvalue weighted by Gasteiger charge is 2.13. The summed E-state index contributed by atoms with van der Waals surface area (Å²) in [6.07, 6.45) is 9.67. The van der Waals surface area contributed by atoms with Crippen molar-refractivity contribution in [3.63, 3.8) is 0 Å². The molecule has 5 rings (SSSR count). The van der Waals surface area contributed by atoms with E-state index in [9.17, 15) is 20.2 Å². The fourth-order valence-corrected chi connectivity index (χ4v) is 3.17. The number of aromatic nitrogens is 9. The van der Waals surface area contributed by atoms with Gasteiger partial charge in [0.05, 0.1) is 61.6 Å². The molecule has 0 aliphatic carbocycles. The van der Waals surface area contributed by atoms with Crippen LogP contribution in [0.25, 0.3) is 11.6 Å². The van der Waals surface area contributed by atoms with Crippen LogP contribution in [0.4, 0.5) is 17.1 Å². The van der Waals surface area contributed by atoms with Crippen molar-refractivity contribution < 1.29 is 9.85 Å². The van der Waals surface area contributed by atoms with Gasteiger partial charge in [0.15, 0.2) is 11.6 Å². The zero-order valence-corrected chi connectivity index (χ0v) is 21.9. The second-order valence-electron chi connectivity index (χ2n) is 6.69. The van der Waals surface area contributed by atoms with Crippen LogP contribution in [0.1, 0.15) is 0 Å². The average Bonchev–Trinajstić information content (AvgIpc) is 3.61. The fraction of sp³-hybridized carbons (Fsp3) is 0. The molecule has 0 aliphatic heterocycles. The van der Waals surface area contributed by atoms with Crippen molar-refractivity contribution in [3.8, 4) is 11.6 Å². The first-order valence-corrected chi connectivity index (χ1v) is 11.5. The van der Waals surface area contributed by atoms with Gasteiger partial charge < -0.3 is 5.73 Å². The highest BCUT2D eigenvalue weighted by molar-refractivity contribution is 6.41. The maximum atomic E-state index is 10.4. The average molecular weight is 614 g/mol. The number of nitrogens with two attached hydrogens (primary N) is 1. The third-order valence-corrected chi connectivity index (χ3v) is 5.31. The summed E-state index contributed by atoms with van der Waals surface area (Å²) >= 11 is 22.6. The van der Waals surface area contributed by atoms with Gasteiger partial charge in [0.1, 0.15) is 17.5 Å². The highest BCUT2D eigenvalue weighted by Crippen LogP contribution is 2.23. The first-order chi connectivity index (χ1) is 18.6. The number of hydrogen-bond acceptors (Lipinski definition) is 12. The van der Waals surface area contributed by atoms with E-state index in [0.29, 0.717) is 16.5 Å². The van der Waals surface area contributed by atoms with Crippen LogP contribution >= 0.6 is 46.4 Å². The summed E-state index contributed by atoms with van der Waals surface area (Å²) in [5.74, 6) is 0.730. The quantitative estimate of drug-likeness (QED) is 0.169. The lowest BCUT2D eigenvalue weighted by molar-refractivity contribution is -0.385. The SMILES string of the molecule is Nc1cnc(-n2nccn2)c(Cl)c1.O=[N+]([O-])c1cnc(-n2nccn2)c(Cl)c1.O=[N+]([O-])c1cnc(Cl)c(Cl)c1. The van der Waals surface area contributed by atoms with Crippen molar-refractivity contribution in [1.82, 2.24) is 44.9 Å². The Hall–Kier alpha value is -4.51. The van der Waals surface area contributed by atoms with Gasteiger partial charge in [0, 0.05) is 12.1 Å². The summed E-state index contributed by atoms with van der Waals surface area (Å²) < 4.78 is 0. The summed E-state index contributed by atoms with van der Waals surface area (Å²) in [4.78, 5) is 33.2. The van der Waals surface area contributed by atoms with E-state index < -0.39 is 9.85 Å². The van der Waals surface area contributed by atoms with Crippen molar-refractivity contribution in [2.75, 3.05) is 5.73 Å². The maximum Gasteiger partial charge on any atom is 0.289 e. The molecule has 0 amide bonds. The summed E-state index contributed by atoms with van der Waals surface area (Å²) in [6, 6.07) is 3.96. The number of halogens is 4. The van der Waals surface area contributed by atoms with E-state index in [4.69, 9.17) is 52.1 Å². The highest BCUT2D eigenvalue weighted by atomic mass is 35.5. The van der Waals surface area contributed by atoms with Crippen LogP contribution in [0.3, 0.4) is 0 Å². The molecular formula is C19H12Cl4N12O4. The second-order valence-corrected chi connectivity index (χ2v) is 8.27. The predicted octanol–water partition coefficient (Wildman–Crippen LogP) is 4.42. The number of hydrogen-bond donors (Lipinski definition) is 1. The topological polar surface area (TPSA) is 212 Å². The fourth-order valence-electron chi connectivity index (χ4n) is 2.42. The Morgan fingerprint density at radius 3 is 1.46 bits per heavy atom. The molecule has 0 fully saturated rings. The second kappa shape index (κ2) is 13.3. The van der Waals surface area contributed by atoms with Crippen molar-refractivity contribution >= 4 is 63.5 Å². The third kappa shape index (κ3) is 7.99. The molecule has 200 valence electrons. The number of nitrogen functional groups attached to an aromatic ring is 1. The first kappa shape index (κ1) is 29.1. The van der Waals surface area contributed by atoms with Crippen LogP contribution < -0.4 is 5.73 Å². The largest absolute Gasteiger partial charge is 0.397 e. The van der Waals surface area contributed by atoms with E-state index in [0.717, 1.165) is 18.5 Å². The molecule has 5 heterocycles. The number of anilines is 1. The Balaban J connectivity index is 0.000000164. The van der Waals surface area contributed by atoms with E-state index >= 15 is 0 Å². The molecule has 5 aromatic heterocycles. The monoisotopic (exact) mass is 612 g/mol. The van der Waals surface area contributed by atoms with Crippen molar-refractivity contribution in [3.05, 3.63) is 102 Å². The minimum Gasteiger partial charge on any atom is -0.397 e. The van der Waals surface area contributed by atoms with Gasteiger partial charge in [-0.25, -0.2) is 15.0 Å². The van der Waals surface area contributed by atoms with Crippen molar-refractivity contribution in [2.24, 2.45) is 0 Å². The minimum atomic E-state index is -0.588. The summed E-state index contributed by atoms with van der Waals surface area (Å²) in [5, 5.41) is 36.7. The Morgan fingerprint density at radius 1 is 0.641 bits per heavy atom. The van der Waals surface area contributed by atoms with Gasteiger partial charge in [-0.3, -0.25) is 20.2 Å². The molecule has 0 radical (unpaired) electrons. The van der Waals surface area contributed by atoms with Crippen molar-refractivity contribution in [2.45, 2.75) is 0 Å². The normalized spacial score (nSPS) is 10.1. The lowest BCUT2D eigenvalue weighted by atomic mass is 10.4. The smallest absolute Gasteiger partial charge is 0.289 e. The van der Waals surface area contributed by atoms with Gasteiger partial charge in [0.25, 0.3) is 11.4 Å². The van der Waals surface area contributed by atoms with Crippen LogP contribution in [0.15, 0.2) is 61.6 Å². The van der Waals surface area contributed by atoms with Crippen LogP contribution in [0.5, 0.6) is 0 Å². The molecule has 0 saturated carbocycles. The zero-order valence-electron chi connectivity index (χ0n) is 18.9. The lowest BCUT2D eigenvalue weighted by Crippen LogP contribution is -2.03. The predicted molar refractivity (Wildman–Crippen MR) is 140 cm³/mol. The van der Waals surface area contributed by atoms with Gasteiger partial charge in [-0.1, -0.05) is 46.4 Å². The molecule has 20 heteroatoms. The first-order valence-electron chi connectivity index (χ1n) is 9.96. The summed E-state index contributed by atoms with van der Waals surface area (Å²) in [7, 11) is 0. The van der Waals surface area contributed by atoms with E-state index in [1.807, 2.05) is 0 Å². The van der Waals surface area contributed by atoms with Crippen LogP contribution in [-0.2, 0) is 0 Å². The number of nitro groups is 2. The van der Waals surface area contributed by atoms with Crippen LogP contribution in [0, 0.1) is 20.2 Å². The lowest BCUT2D eigenvalue weighted by Gasteiger charge is -2.01. The molecule has 5 aromatic rings. The third-order valence-electron chi connectivity index (χ3n) is 4.07. The number of pyridine rings is 3. The van der Waals surface area contributed by atoms with E-state index in [-0.39, 0.29) is 32.4 Å². The number of nitrogens with zero attached hydrogens (tertiary/aromatic N) is 11. The van der Waals surface area contributed by atoms with E-state index in [1.165, 1.54) is 34.2 Å². The molecular weight excluding hydrogens is 602 g/mol. The Morgan fingerprint density at radius 2 is 1.05 bits per heavy atom. The Labute approximate surface area is 237 Å². The maximum absolute atomic E-state index is 10.4. The Kier molecular flexibility index (Phi) is 9.93. The van der Waals surface area contributed by atoms with Crippen LogP contribution in [-0.4, -0.2) is 54.8 Å². The molecule has 39 heavy (non-hydrogen) atoms. The zero-order chi connectivity index (χ0) is 28.5.